The number of nitrogens with one attached hydrogen (secondary N) is 1. The average molecular weight is 349 g/mol. The maximum atomic E-state index is 12.6. The van der Waals surface area contributed by atoms with E-state index in [2.05, 4.69) is 5.32 Å². The highest BCUT2D eigenvalue weighted by Gasteiger charge is 2.30. The normalized spacial score (nSPS) is 11.7. The van der Waals surface area contributed by atoms with Gasteiger partial charge >= 0.3 is 11.9 Å². The van der Waals surface area contributed by atoms with Gasteiger partial charge in [0.25, 0.3) is 5.91 Å². The lowest BCUT2D eigenvalue weighted by molar-refractivity contribution is -0.137. The van der Waals surface area contributed by atoms with Crippen LogP contribution in [0, 0.1) is 0 Å². The van der Waals surface area contributed by atoms with Crippen molar-refractivity contribution in [2.45, 2.75) is 6.18 Å². The highest BCUT2D eigenvalue weighted by atomic mass is 19.4. The molecule has 0 aliphatic carbocycles. The molecule has 0 spiro atoms. The maximum absolute atomic E-state index is 12.6. The lowest BCUT2D eigenvalue weighted by Gasteiger charge is -2.09. The van der Waals surface area contributed by atoms with E-state index in [9.17, 15) is 22.8 Å². The van der Waals surface area contributed by atoms with Crippen LogP contribution in [-0.2, 0) is 20.3 Å². The summed E-state index contributed by atoms with van der Waals surface area (Å²) in [5.74, 6) is -0.474. The molecule has 1 N–H and O–H groups in total. The van der Waals surface area contributed by atoms with Gasteiger partial charge < -0.3 is 5.32 Å². The molecule has 0 saturated carbocycles. The summed E-state index contributed by atoms with van der Waals surface area (Å²) in [5, 5.41) is 2.54. The molecule has 25 heavy (non-hydrogen) atoms. The molecule has 0 bridgehead atoms. The molecule has 5 nitrogen and oxygen atoms in total. The summed E-state index contributed by atoms with van der Waals surface area (Å²) < 4.78 is 40.5. The van der Waals surface area contributed by atoms with Crippen molar-refractivity contribution < 1.29 is 18.0 Å². The molecular formula is C17H14F3N3O2. The van der Waals surface area contributed by atoms with Crippen molar-refractivity contribution in [3.8, 4) is 0 Å². The van der Waals surface area contributed by atoms with Crippen LogP contribution in [0.25, 0.3) is 11.0 Å². The van der Waals surface area contributed by atoms with Crippen LogP contribution < -0.4 is 11.0 Å². The molecular weight excluding hydrogens is 335 g/mol. The number of hydrogen-bond donors (Lipinski definition) is 1. The van der Waals surface area contributed by atoms with Gasteiger partial charge in [-0.25, -0.2) is 4.79 Å². The Kier molecular flexibility index (Phi) is 3.90. The summed E-state index contributed by atoms with van der Waals surface area (Å²) in [6.07, 6.45) is -4.42. The van der Waals surface area contributed by atoms with E-state index in [4.69, 9.17) is 0 Å². The zero-order valence-electron chi connectivity index (χ0n) is 13.4. The van der Waals surface area contributed by atoms with Gasteiger partial charge in [-0.1, -0.05) is 0 Å². The van der Waals surface area contributed by atoms with Crippen LogP contribution in [-0.4, -0.2) is 15.0 Å². The van der Waals surface area contributed by atoms with Gasteiger partial charge in [-0.15, -0.1) is 0 Å². The van der Waals surface area contributed by atoms with E-state index in [1.807, 2.05) is 0 Å². The number of imidazole rings is 1. The second-order valence-corrected chi connectivity index (χ2v) is 5.63. The molecule has 0 atom stereocenters. The molecule has 1 heterocycles. The monoisotopic (exact) mass is 349 g/mol. The number of fused-ring (bicyclic) bond motifs is 1. The number of hydrogen-bond acceptors (Lipinski definition) is 2. The molecule has 0 radical (unpaired) electrons. The molecule has 0 aliphatic heterocycles. The molecule has 1 amide bonds. The van der Waals surface area contributed by atoms with Gasteiger partial charge in [-0.05, 0) is 42.5 Å². The van der Waals surface area contributed by atoms with Crippen molar-refractivity contribution >= 4 is 22.6 Å². The minimum atomic E-state index is -4.42. The lowest BCUT2D eigenvalue weighted by atomic mass is 10.1. The van der Waals surface area contributed by atoms with Gasteiger partial charge in [0.2, 0.25) is 0 Å². The van der Waals surface area contributed by atoms with Crippen molar-refractivity contribution in [3.05, 3.63) is 64.1 Å². The molecule has 0 saturated heterocycles. The van der Waals surface area contributed by atoms with Crippen molar-refractivity contribution in [1.29, 1.82) is 0 Å². The van der Waals surface area contributed by atoms with Crippen LogP contribution in [0.1, 0.15) is 15.9 Å². The van der Waals surface area contributed by atoms with Gasteiger partial charge in [-0.3, -0.25) is 13.9 Å². The fourth-order valence-corrected chi connectivity index (χ4v) is 2.59. The summed E-state index contributed by atoms with van der Waals surface area (Å²) in [4.78, 5) is 24.2. The molecule has 3 rings (SSSR count). The summed E-state index contributed by atoms with van der Waals surface area (Å²) >= 11 is 0. The van der Waals surface area contributed by atoms with Crippen LogP contribution in [0.4, 0.5) is 18.9 Å². The topological polar surface area (TPSA) is 56.0 Å². The average Bonchev–Trinajstić information content (AvgIpc) is 2.79. The number of benzene rings is 2. The maximum Gasteiger partial charge on any atom is 0.416 e. The van der Waals surface area contributed by atoms with Crippen LogP contribution in [0.15, 0.2) is 47.3 Å². The Bertz CT molecular complexity index is 1010. The largest absolute Gasteiger partial charge is 0.416 e. The van der Waals surface area contributed by atoms with Crippen molar-refractivity contribution in [1.82, 2.24) is 9.13 Å². The van der Waals surface area contributed by atoms with Crippen LogP contribution >= 0.6 is 0 Å². The number of amides is 1. The zero-order chi connectivity index (χ0) is 18.4. The third-order valence-electron chi connectivity index (χ3n) is 4.00. The van der Waals surface area contributed by atoms with Crippen molar-refractivity contribution in [2.75, 3.05) is 5.32 Å². The van der Waals surface area contributed by atoms with E-state index >= 15 is 0 Å². The summed E-state index contributed by atoms with van der Waals surface area (Å²) in [6, 6.07) is 8.96. The smallest absolute Gasteiger partial charge is 0.322 e. The molecule has 1 aromatic heterocycles. The molecule has 0 unspecified atom stereocenters. The molecule has 130 valence electrons. The first-order chi connectivity index (χ1) is 11.7. The minimum Gasteiger partial charge on any atom is -0.322 e. The Balaban J connectivity index is 1.87. The number of alkyl halides is 3. The van der Waals surface area contributed by atoms with Crippen LogP contribution in [0.3, 0.4) is 0 Å². The first kappa shape index (κ1) is 16.8. The first-order valence-corrected chi connectivity index (χ1v) is 7.32. The van der Waals surface area contributed by atoms with Gasteiger partial charge in [-0.2, -0.15) is 13.2 Å². The highest BCUT2D eigenvalue weighted by Crippen LogP contribution is 2.29. The second kappa shape index (κ2) is 5.80. The lowest BCUT2D eigenvalue weighted by Crippen LogP contribution is -2.19. The third kappa shape index (κ3) is 3.02. The number of nitrogens with zero attached hydrogens (tertiary/aromatic N) is 2. The Morgan fingerprint density at radius 3 is 2.16 bits per heavy atom. The molecule has 3 aromatic rings. The highest BCUT2D eigenvalue weighted by molar-refractivity contribution is 6.06. The van der Waals surface area contributed by atoms with Crippen molar-refractivity contribution in [2.24, 2.45) is 14.1 Å². The molecule has 2 aromatic carbocycles. The number of aryl methyl sites for hydroxylation is 2. The van der Waals surface area contributed by atoms with Gasteiger partial charge in [0.1, 0.15) is 0 Å². The van der Waals surface area contributed by atoms with Crippen molar-refractivity contribution in [3.63, 3.8) is 0 Å². The Morgan fingerprint density at radius 1 is 0.960 bits per heavy atom. The second-order valence-electron chi connectivity index (χ2n) is 5.63. The Hall–Kier alpha value is -3.03. The van der Waals surface area contributed by atoms with E-state index in [-0.39, 0.29) is 11.4 Å². The van der Waals surface area contributed by atoms with E-state index in [1.54, 1.807) is 32.3 Å². The zero-order valence-corrected chi connectivity index (χ0v) is 13.4. The Morgan fingerprint density at radius 2 is 1.56 bits per heavy atom. The fraction of sp³-hybridized carbons (Fsp3) is 0.176. The SMILES string of the molecule is Cn1c(=O)n(C)c2cc(C(=O)Nc3ccc(C(F)(F)F)cc3)ccc21. The quantitative estimate of drug-likeness (QED) is 0.773. The standard InChI is InChI=1S/C17H14F3N3O2/c1-22-13-8-3-10(9-14(13)23(2)16(22)25)15(24)21-12-6-4-11(5-7-12)17(18,19)20/h3-9H,1-2H3,(H,21,24). The first-order valence-electron chi connectivity index (χ1n) is 7.32. The van der Waals surface area contributed by atoms with Crippen LogP contribution in [0.5, 0.6) is 0 Å². The van der Waals surface area contributed by atoms with Crippen LogP contribution in [0.2, 0.25) is 0 Å². The minimum absolute atomic E-state index is 0.213. The fourth-order valence-electron chi connectivity index (χ4n) is 2.59. The molecule has 8 heteroatoms. The third-order valence-corrected chi connectivity index (χ3v) is 4.00. The summed E-state index contributed by atoms with van der Waals surface area (Å²) in [6.45, 7) is 0. The number of halogens is 3. The van der Waals surface area contributed by atoms with E-state index in [0.717, 1.165) is 12.1 Å². The van der Waals surface area contributed by atoms with Gasteiger partial charge in [0.05, 0.1) is 16.6 Å². The number of anilines is 1. The number of rotatable bonds is 2. The predicted octanol–water partition coefficient (Wildman–Crippen LogP) is 3.15. The van der Waals surface area contributed by atoms with E-state index in [0.29, 0.717) is 16.6 Å². The summed E-state index contributed by atoms with van der Waals surface area (Å²) in [7, 11) is 3.23. The van der Waals surface area contributed by atoms with Gasteiger partial charge in [0, 0.05) is 25.3 Å². The van der Waals surface area contributed by atoms with E-state index in [1.165, 1.54) is 21.3 Å². The summed E-state index contributed by atoms with van der Waals surface area (Å²) in [5.41, 5.74) is 0.821. The van der Waals surface area contributed by atoms with Gasteiger partial charge in [0.15, 0.2) is 0 Å². The Labute approximate surface area is 140 Å². The number of carbonyl (C=O) groups excluding carboxylic acids is 1. The molecule has 0 fully saturated rings. The number of aromatic nitrogens is 2. The predicted molar refractivity (Wildman–Crippen MR) is 87.6 cm³/mol. The van der Waals surface area contributed by atoms with E-state index < -0.39 is 17.6 Å². The molecule has 0 aliphatic rings. The number of carbonyl (C=O) groups is 1.